The van der Waals surface area contributed by atoms with Gasteiger partial charge in [0.25, 0.3) is 0 Å². The Kier molecular flexibility index (Phi) is 4.27. The molecule has 1 aromatic heterocycles. The predicted molar refractivity (Wildman–Crippen MR) is 101 cm³/mol. The first-order valence-electron chi connectivity index (χ1n) is 8.32. The van der Waals surface area contributed by atoms with Crippen molar-refractivity contribution >= 4 is 22.9 Å². The van der Waals surface area contributed by atoms with Crippen molar-refractivity contribution in [2.75, 3.05) is 19.4 Å². The second kappa shape index (κ2) is 6.87. The first-order chi connectivity index (χ1) is 12.7. The van der Waals surface area contributed by atoms with Crippen LogP contribution < -0.4 is 20.6 Å². The molecule has 7 nitrogen and oxygen atoms in total. The number of fused-ring (bicyclic) bond motifs is 1. The topological polar surface area (TPSA) is 94.7 Å². The highest BCUT2D eigenvalue weighted by atomic mass is 16.5. The van der Waals surface area contributed by atoms with Gasteiger partial charge in [0.15, 0.2) is 5.82 Å². The number of benzene rings is 2. The van der Waals surface area contributed by atoms with Gasteiger partial charge in [-0.05, 0) is 29.8 Å². The molecule has 1 unspecified atom stereocenters. The molecule has 0 saturated carbocycles. The first kappa shape index (κ1) is 16.1. The van der Waals surface area contributed by atoms with Gasteiger partial charge >= 0.3 is 0 Å². The molecule has 7 heteroatoms. The van der Waals surface area contributed by atoms with E-state index < -0.39 is 0 Å². The van der Waals surface area contributed by atoms with Crippen molar-refractivity contribution in [2.24, 2.45) is 5.10 Å². The standard InChI is InChI=1S/C19H19N5O2/c1-25-14-3-2-4-15(8-14)26-11-18-23-17-6-5-12(13-9-21-22-10-13)7-16(17)19(20)24-18/h2-9,13,22H,10-11H2,1H3,(H2,20,23,24). The van der Waals surface area contributed by atoms with Gasteiger partial charge in [0.1, 0.15) is 23.9 Å². The Labute approximate surface area is 150 Å². The molecule has 1 aliphatic rings. The Hall–Kier alpha value is -3.35. The summed E-state index contributed by atoms with van der Waals surface area (Å²) in [6.07, 6.45) is 1.90. The molecule has 4 rings (SSSR count). The molecule has 132 valence electrons. The van der Waals surface area contributed by atoms with Crippen LogP contribution in [0.3, 0.4) is 0 Å². The van der Waals surface area contributed by atoms with Crippen molar-refractivity contribution in [1.82, 2.24) is 15.4 Å². The molecule has 3 N–H and O–H groups in total. The number of aromatic nitrogens is 2. The molecule has 0 radical (unpaired) electrons. The van der Waals surface area contributed by atoms with Crippen LogP contribution in [0.5, 0.6) is 11.5 Å². The van der Waals surface area contributed by atoms with Gasteiger partial charge in [-0.1, -0.05) is 12.1 Å². The second-order valence-corrected chi connectivity index (χ2v) is 6.02. The number of anilines is 1. The van der Waals surface area contributed by atoms with Gasteiger partial charge in [-0.15, -0.1) is 0 Å². The third-order valence-corrected chi connectivity index (χ3v) is 4.29. The molecule has 3 aromatic rings. The molecule has 0 amide bonds. The highest BCUT2D eigenvalue weighted by Crippen LogP contribution is 2.25. The molecule has 1 aliphatic heterocycles. The summed E-state index contributed by atoms with van der Waals surface area (Å²) in [5.41, 5.74) is 11.1. The summed E-state index contributed by atoms with van der Waals surface area (Å²) >= 11 is 0. The van der Waals surface area contributed by atoms with Crippen LogP contribution in [0.25, 0.3) is 10.9 Å². The summed E-state index contributed by atoms with van der Waals surface area (Å²) in [5, 5.41) is 4.90. The van der Waals surface area contributed by atoms with Gasteiger partial charge in [0, 0.05) is 30.1 Å². The van der Waals surface area contributed by atoms with Gasteiger partial charge in [-0.2, -0.15) is 5.10 Å². The van der Waals surface area contributed by atoms with Gasteiger partial charge in [-0.3, -0.25) is 0 Å². The zero-order chi connectivity index (χ0) is 17.9. The highest BCUT2D eigenvalue weighted by molar-refractivity contribution is 5.89. The normalized spacial score (nSPS) is 15.8. The van der Waals surface area contributed by atoms with Crippen LogP contribution in [0.2, 0.25) is 0 Å². The Morgan fingerprint density at radius 2 is 2.04 bits per heavy atom. The van der Waals surface area contributed by atoms with E-state index in [1.54, 1.807) is 7.11 Å². The van der Waals surface area contributed by atoms with Crippen LogP contribution in [0.4, 0.5) is 5.82 Å². The van der Waals surface area contributed by atoms with Crippen molar-refractivity contribution in [3.05, 3.63) is 53.9 Å². The Balaban J connectivity index is 1.56. The number of hydrazone groups is 1. The van der Waals surface area contributed by atoms with Crippen LogP contribution in [-0.4, -0.2) is 29.8 Å². The van der Waals surface area contributed by atoms with Gasteiger partial charge in [-0.25, -0.2) is 9.97 Å². The number of hydrogen-bond acceptors (Lipinski definition) is 7. The van der Waals surface area contributed by atoms with Crippen LogP contribution in [0, 0.1) is 0 Å². The summed E-state index contributed by atoms with van der Waals surface area (Å²) in [4.78, 5) is 8.95. The predicted octanol–water partition coefficient (Wildman–Crippen LogP) is 2.47. The lowest BCUT2D eigenvalue weighted by molar-refractivity contribution is 0.294. The third-order valence-electron chi connectivity index (χ3n) is 4.29. The molecule has 0 aliphatic carbocycles. The van der Waals surface area contributed by atoms with Crippen molar-refractivity contribution in [3.8, 4) is 11.5 Å². The maximum Gasteiger partial charge on any atom is 0.168 e. The summed E-state index contributed by atoms with van der Waals surface area (Å²) in [5.74, 6) is 2.66. The molecule has 0 saturated heterocycles. The Morgan fingerprint density at radius 1 is 1.15 bits per heavy atom. The summed E-state index contributed by atoms with van der Waals surface area (Å²) < 4.78 is 10.9. The summed E-state index contributed by atoms with van der Waals surface area (Å²) in [6, 6.07) is 13.4. The number of rotatable bonds is 5. The smallest absolute Gasteiger partial charge is 0.168 e. The minimum absolute atomic E-state index is 0.230. The van der Waals surface area contributed by atoms with E-state index >= 15 is 0 Å². The molecule has 2 heterocycles. The fourth-order valence-corrected chi connectivity index (χ4v) is 2.90. The van der Waals surface area contributed by atoms with Crippen molar-refractivity contribution < 1.29 is 9.47 Å². The van der Waals surface area contributed by atoms with Crippen molar-refractivity contribution in [3.63, 3.8) is 0 Å². The van der Waals surface area contributed by atoms with Crippen LogP contribution in [0.15, 0.2) is 47.6 Å². The van der Waals surface area contributed by atoms with E-state index in [0.717, 1.165) is 28.8 Å². The minimum atomic E-state index is 0.230. The number of nitrogen functional groups attached to an aromatic ring is 1. The largest absolute Gasteiger partial charge is 0.497 e. The van der Waals surface area contributed by atoms with Gasteiger partial charge in [0.2, 0.25) is 0 Å². The fourth-order valence-electron chi connectivity index (χ4n) is 2.90. The zero-order valence-corrected chi connectivity index (χ0v) is 14.3. The van der Waals surface area contributed by atoms with Crippen LogP contribution in [0.1, 0.15) is 17.3 Å². The number of nitrogens with one attached hydrogen (secondary N) is 1. The molecular formula is C19H19N5O2. The van der Waals surface area contributed by atoms with Gasteiger partial charge in [0.05, 0.1) is 12.6 Å². The average molecular weight is 349 g/mol. The molecule has 0 spiro atoms. The zero-order valence-electron chi connectivity index (χ0n) is 14.3. The molecule has 2 aromatic carbocycles. The molecule has 26 heavy (non-hydrogen) atoms. The van der Waals surface area contributed by atoms with Gasteiger partial charge < -0.3 is 20.6 Å². The van der Waals surface area contributed by atoms with E-state index in [0.29, 0.717) is 17.4 Å². The van der Waals surface area contributed by atoms with Crippen LogP contribution >= 0.6 is 0 Å². The number of nitrogens with two attached hydrogens (primary N) is 1. The van der Waals surface area contributed by atoms with E-state index in [1.165, 1.54) is 0 Å². The third kappa shape index (κ3) is 3.23. The summed E-state index contributed by atoms with van der Waals surface area (Å²) in [7, 11) is 1.62. The maximum absolute atomic E-state index is 6.16. The lowest BCUT2D eigenvalue weighted by atomic mass is 9.99. The van der Waals surface area contributed by atoms with E-state index in [4.69, 9.17) is 15.2 Å². The first-order valence-corrected chi connectivity index (χ1v) is 8.32. The molecule has 0 bridgehead atoms. The second-order valence-electron chi connectivity index (χ2n) is 6.02. The van der Waals surface area contributed by atoms with E-state index in [1.807, 2.05) is 48.7 Å². The van der Waals surface area contributed by atoms with Crippen LogP contribution in [-0.2, 0) is 6.61 Å². The highest BCUT2D eigenvalue weighted by Gasteiger charge is 2.15. The van der Waals surface area contributed by atoms with E-state index in [-0.39, 0.29) is 12.5 Å². The average Bonchev–Trinajstić information content (AvgIpc) is 3.21. The van der Waals surface area contributed by atoms with Crippen molar-refractivity contribution in [1.29, 1.82) is 0 Å². The summed E-state index contributed by atoms with van der Waals surface area (Å²) in [6.45, 7) is 1.02. The SMILES string of the molecule is COc1cccc(OCc2nc(N)c3cc(C4C=NNC4)ccc3n2)c1. The minimum Gasteiger partial charge on any atom is -0.497 e. The number of ether oxygens (including phenoxy) is 2. The number of hydrogen-bond donors (Lipinski definition) is 2. The molecule has 1 atom stereocenters. The maximum atomic E-state index is 6.16. The van der Waals surface area contributed by atoms with E-state index in [2.05, 4.69) is 20.5 Å². The van der Waals surface area contributed by atoms with Crippen molar-refractivity contribution in [2.45, 2.75) is 12.5 Å². The molecular weight excluding hydrogens is 330 g/mol. The molecule has 0 fully saturated rings. The number of methoxy groups -OCH3 is 1. The fraction of sp³-hybridized carbons (Fsp3) is 0.211. The Bertz CT molecular complexity index is 973. The Morgan fingerprint density at radius 3 is 2.85 bits per heavy atom. The monoisotopic (exact) mass is 349 g/mol. The quantitative estimate of drug-likeness (QED) is 0.735. The lowest BCUT2D eigenvalue weighted by Gasteiger charge is -2.11. The van der Waals surface area contributed by atoms with E-state index in [9.17, 15) is 0 Å². The number of nitrogens with zero attached hydrogens (tertiary/aromatic N) is 3. The lowest BCUT2D eigenvalue weighted by Crippen LogP contribution is -2.09.